The molecule has 1 aromatic rings. The standard InChI is InChI=1S/C24H38O8/c1-24(2)31-21-8-9-30-22(23(21)32-24)19-29-17-15-27-13-11-25-10-12-26-14-16-28-18-20-6-4-3-5-7-20/h3-7,21-23H,8-19H2,1-2H3. The fourth-order valence-electron chi connectivity index (χ4n) is 3.72. The SMILES string of the molecule is CC1(C)OC2CCOC(COCCOCCOCCOCCOCc3ccccc3)C2O1. The van der Waals surface area contributed by atoms with Gasteiger partial charge in [0, 0.05) is 6.61 Å². The van der Waals surface area contributed by atoms with E-state index in [-0.39, 0.29) is 18.3 Å². The van der Waals surface area contributed by atoms with Crippen LogP contribution in [0.1, 0.15) is 25.8 Å². The summed E-state index contributed by atoms with van der Waals surface area (Å²) in [6.45, 7) is 9.94. The summed E-state index contributed by atoms with van der Waals surface area (Å²) >= 11 is 0. The molecule has 8 heteroatoms. The molecule has 0 radical (unpaired) electrons. The topological polar surface area (TPSA) is 73.8 Å². The summed E-state index contributed by atoms with van der Waals surface area (Å²) in [5.41, 5.74) is 1.17. The van der Waals surface area contributed by atoms with E-state index in [2.05, 4.69) is 0 Å². The van der Waals surface area contributed by atoms with Gasteiger partial charge in [-0.25, -0.2) is 0 Å². The minimum Gasteiger partial charge on any atom is -0.377 e. The van der Waals surface area contributed by atoms with Gasteiger partial charge < -0.3 is 37.9 Å². The van der Waals surface area contributed by atoms with Gasteiger partial charge in [-0.3, -0.25) is 0 Å². The Kier molecular flexibility index (Phi) is 11.3. The lowest BCUT2D eigenvalue weighted by molar-refractivity contribution is -0.160. The molecule has 182 valence electrons. The Hall–Kier alpha value is -1.10. The first-order chi connectivity index (χ1) is 15.6. The Morgan fingerprint density at radius 1 is 0.781 bits per heavy atom. The molecule has 2 heterocycles. The second kappa shape index (κ2) is 14.2. The molecule has 1 aromatic carbocycles. The molecule has 0 aromatic heterocycles. The van der Waals surface area contributed by atoms with Gasteiger partial charge in [-0.05, 0) is 25.8 Å². The predicted molar refractivity (Wildman–Crippen MR) is 118 cm³/mol. The third-order valence-electron chi connectivity index (χ3n) is 5.20. The quantitative estimate of drug-likeness (QED) is 0.353. The zero-order chi connectivity index (χ0) is 22.5. The first-order valence-electron chi connectivity index (χ1n) is 11.5. The normalized spacial score (nSPS) is 24.5. The molecule has 0 amide bonds. The van der Waals surface area contributed by atoms with E-state index in [0.29, 0.717) is 72.7 Å². The maximum Gasteiger partial charge on any atom is 0.163 e. The first kappa shape index (κ1) is 25.5. The van der Waals surface area contributed by atoms with Gasteiger partial charge in [0.15, 0.2) is 5.79 Å². The highest BCUT2D eigenvalue weighted by Crippen LogP contribution is 2.35. The van der Waals surface area contributed by atoms with Gasteiger partial charge in [-0.15, -0.1) is 0 Å². The van der Waals surface area contributed by atoms with Crippen LogP contribution >= 0.6 is 0 Å². The zero-order valence-corrected chi connectivity index (χ0v) is 19.4. The summed E-state index contributed by atoms with van der Waals surface area (Å²) < 4.78 is 45.5. The fraction of sp³-hybridized carbons (Fsp3) is 0.750. The van der Waals surface area contributed by atoms with E-state index in [0.717, 1.165) is 6.42 Å². The van der Waals surface area contributed by atoms with Gasteiger partial charge in [0.25, 0.3) is 0 Å². The molecular formula is C24H38O8. The maximum atomic E-state index is 5.96. The average Bonchev–Trinajstić information content (AvgIpc) is 3.11. The molecule has 2 aliphatic heterocycles. The largest absolute Gasteiger partial charge is 0.377 e. The summed E-state index contributed by atoms with van der Waals surface area (Å²) in [7, 11) is 0. The van der Waals surface area contributed by atoms with E-state index in [1.807, 2.05) is 44.2 Å². The van der Waals surface area contributed by atoms with Crippen molar-refractivity contribution in [3.8, 4) is 0 Å². The van der Waals surface area contributed by atoms with Gasteiger partial charge in [0.1, 0.15) is 12.2 Å². The lowest BCUT2D eigenvalue weighted by Gasteiger charge is -2.31. The molecule has 8 nitrogen and oxygen atoms in total. The Balaban J connectivity index is 1.06. The smallest absolute Gasteiger partial charge is 0.163 e. The average molecular weight is 455 g/mol. The lowest BCUT2D eigenvalue weighted by atomic mass is 10.0. The third-order valence-corrected chi connectivity index (χ3v) is 5.20. The van der Waals surface area contributed by atoms with Crippen molar-refractivity contribution in [1.82, 2.24) is 0 Å². The molecule has 0 spiro atoms. The second-order valence-electron chi connectivity index (χ2n) is 8.29. The molecular weight excluding hydrogens is 416 g/mol. The van der Waals surface area contributed by atoms with E-state index >= 15 is 0 Å². The molecule has 3 rings (SSSR count). The van der Waals surface area contributed by atoms with E-state index in [1.165, 1.54) is 5.56 Å². The van der Waals surface area contributed by atoms with Crippen molar-refractivity contribution < 1.29 is 37.9 Å². The summed E-state index contributed by atoms with van der Waals surface area (Å²) in [5, 5.41) is 0. The first-order valence-corrected chi connectivity index (χ1v) is 11.5. The van der Waals surface area contributed by atoms with Crippen LogP contribution in [-0.2, 0) is 44.5 Å². The minimum absolute atomic E-state index is 0.0642. The van der Waals surface area contributed by atoms with Gasteiger partial charge in [-0.2, -0.15) is 0 Å². The fourth-order valence-corrected chi connectivity index (χ4v) is 3.72. The van der Waals surface area contributed by atoms with Crippen LogP contribution in [-0.4, -0.2) is 90.2 Å². The number of hydrogen-bond donors (Lipinski definition) is 0. The maximum absolute atomic E-state index is 5.96. The van der Waals surface area contributed by atoms with Gasteiger partial charge in [-0.1, -0.05) is 30.3 Å². The zero-order valence-electron chi connectivity index (χ0n) is 19.4. The van der Waals surface area contributed by atoms with E-state index in [4.69, 9.17) is 37.9 Å². The summed E-state index contributed by atoms with van der Waals surface area (Å²) in [5.74, 6) is -0.550. The third kappa shape index (κ3) is 9.41. The Morgan fingerprint density at radius 3 is 2.03 bits per heavy atom. The molecule has 0 aliphatic carbocycles. The molecule has 32 heavy (non-hydrogen) atoms. The van der Waals surface area contributed by atoms with Crippen LogP contribution < -0.4 is 0 Å². The minimum atomic E-state index is -0.550. The highest BCUT2D eigenvalue weighted by atomic mass is 16.8. The predicted octanol–water partition coefficient (Wildman–Crippen LogP) is 2.58. The number of hydrogen-bond acceptors (Lipinski definition) is 8. The van der Waals surface area contributed by atoms with Crippen molar-refractivity contribution in [3.63, 3.8) is 0 Å². The highest BCUT2D eigenvalue weighted by molar-refractivity contribution is 5.13. The van der Waals surface area contributed by atoms with E-state index < -0.39 is 5.79 Å². The Bertz CT molecular complexity index is 611. The van der Waals surface area contributed by atoms with Gasteiger partial charge >= 0.3 is 0 Å². The number of ether oxygens (including phenoxy) is 8. The monoisotopic (exact) mass is 454 g/mol. The molecule has 2 saturated heterocycles. The summed E-state index contributed by atoms with van der Waals surface area (Å²) in [6, 6.07) is 10.1. The van der Waals surface area contributed by atoms with Crippen LogP contribution in [0.15, 0.2) is 30.3 Å². The second-order valence-corrected chi connectivity index (χ2v) is 8.29. The van der Waals surface area contributed by atoms with Gasteiger partial charge in [0.2, 0.25) is 0 Å². The molecule has 2 fully saturated rings. The number of rotatable bonds is 16. The van der Waals surface area contributed by atoms with Crippen LogP contribution in [0.3, 0.4) is 0 Å². The number of benzene rings is 1. The van der Waals surface area contributed by atoms with Crippen LogP contribution in [0.25, 0.3) is 0 Å². The molecule has 3 unspecified atom stereocenters. The highest BCUT2D eigenvalue weighted by Gasteiger charge is 2.47. The molecule has 0 saturated carbocycles. The molecule has 3 atom stereocenters. The summed E-state index contributed by atoms with van der Waals surface area (Å²) in [6.07, 6.45) is 0.792. The van der Waals surface area contributed by atoms with Crippen molar-refractivity contribution in [2.75, 3.05) is 66.1 Å². The van der Waals surface area contributed by atoms with Crippen molar-refractivity contribution >= 4 is 0 Å². The van der Waals surface area contributed by atoms with Crippen molar-refractivity contribution in [2.24, 2.45) is 0 Å². The van der Waals surface area contributed by atoms with E-state index in [1.54, 1.807) is 0 Å². The molecule has 0 N–H and O–H groups in total. The van der Waals surface area contributed by atoms with Crippen molar-refractivity contribution in [3.05, 3.63) is 35.9 Å². The Labute approximate surface area is 191 Å². The van der Waals surface area contributed by atoms with Crippen LogP contribution in [0.4, 0.5) is 0 Å². The van der Waals surface area contributed by atoms with Crippen LogP contribution in [0.5, 0.6) is 0 Å². The number of fused-ring (bicyclic) bond motifs is 1. The van der Waals surface area contributed by atoms with Gasteiger partial charge in [0.05, 0.1) is 72.2 Å². The Morgan fingerprint density at radius 2 is 1.38 bits per heavy atom. The van der Waals surface area contributed by atoms with Crippen LogP contribution in [0.2, 0.25) is 0 Å². The molecule has 2 aliphatic rings. The summed E-state index contributed by atoms with van der Waals surface area (Å²) in [4.78, 5) is 0. The van der Waals surface area contributed by atoms with E-state index in [9.17, 15) is 0 Å². The van der Waals surface area contributed by atoms with Crippen molar-refractivity contribution in [2.45, 2.75) is 51.0 Å². The molecule has 0 bridgehead atoms. The van der Waals surface area contributed by atoms with Crippen LogP contribution in [0, 0.1) is 0 Å². The van der Waals surface area contributed by atoms with Crippen molar-refractivity contribution in [1.29, 1.82) is 0 Å². The lowest BCUT2D eigenvalue weighted by Crippen LogP contribution is -2.45.